The number of rotatable bonds is 6. The van der Waals surface area contributed by atoms with Gasteiger partial charge in [0.1, 0.15) is 5.75 Å². The zero-order valence-electron chi connectivity index (χ0n) is 11.3. The molecule has 0 radical (unpaired) electrons. The molecule has 1 aromatic rings. The van der Waals surface area contributed by atoms with E-state index in [0.29, 0.717) is 13.0 Å². The maximum Gasteiger partial charge on any atom is 0.224 e. The molecule has 1 unspecified atom stereocenters. The Hall–Kier alpha value is -1.55. The van der Waals surface area contributed by atoms with Crippen LogP contribution in [0.25, 0.3) is 0 Å². The van der Waals surface area contributed by atoms with Crippen molar-refractivity contribution in [3.63, 3.8) is 0 Å². The number of hydrogen-bond acceptors (Lipinski definition) is 3. The second-order valence-electron chi connectivity index (χ2n) is 5.06. The highest BCUT2D eigenvalue weighted by molar-refractivity contribution is 5.93. The maximum absolute atomic E-state index is 11.2. The first-order valence-corrected chi connectivity index (χ1v) is 6.89. The predicted molar refractivity (Wildman–Crippen MR) is 74.4 cm³/mol. The van der Waals surface area contributed by atoms with Crippen LogP contribution in [0.3, 0.4) is 0 Å². The van der Waals surface area contributed by atoms with E-state index in [1.54, 1.807) is 6.92 Å². The van der Waals surface area contributed by atoms with Gasteiger partial charge in [-0.05, 0) is 56.4 Å². The highest BCUT2D eigenvalue weighted by atomic mass is 16.5. The van der Waals surface area contributed by atoms with E-state index >= 15 is 0 Å². The van der Waals surface area contributed by atoms with Crippen LogP contribution in [0.4, 0.5) is 5.69 Å². The summed E-state index contributed by atoms with van der Waals surface area (Å²) in [5.74, 6) is 0.936. The lowest BCUT2D eigenvalue weighted by Gasteiger charge is -2.17. The third kappa shape index (κ3) is 4.24. The molecular formula is C15H21NO3. The minimum absolute atomic E-state index is 0.0827. The third-order valence-electron chi connectivity index (χ3n) is 3.26. The first-order chi connectivity index (χ1) is 9.15. The fraction of sp³-hybridized carbons (Fsp3) is 0.533. The molecule has 2 N–H and O–H groups in total. The third-order valence-corrected chi connectivity index (χ3v) is 3.26. The molecule has 19 heavy (non-hydrogen) atoms. The Balaban J connectivity index is 1.80. The summed E-state index contributed by atoms with van der Waals surface area (Å²) in [6.07, 6.45) is 3.83. The van der Waals surface area contributed by atoms with E-state index in [1.165, 1.54) is 0 Å². The monoisotopic (exact) mass is 263 g/mol. The SMILES string of the molecule is CC(O)CCCCOc1ccc2c(c1)CCC(=O)N2. The number of carbonyl (C=O) groups is 1. The lowest BCUT2D eigenvalue weighted by Crippen LogP contribution is -2.18. The highest BCUT2D eigenvalue weighted by Gasteiger charge is 2.14. The van der Waals surface area contributed by atoms with Crippen LogP contribution < -0.4 is 10.1 Å². The van der Waals surface area contributed by atoms with Crippen molar-refractivity contribution in [1.29, 1.82) is 0 Å². The van der Waals surface area contributed by atoms with Gasteiger partial charge in [-0.25, -0.2) is 0 Å². The summed E-state index contributed by atoms with van der Waals surface area (Å²) in [7, 11) is 0. The van der Waals surface area contributed by atoms with Crippen LogP contribution in [0.15, 0.2) is 18.2 Å². The van der Waals surface area contributed by atoms with Gasteiger partial charge >= 0.3 is 0 Å². The molecule has 1 aromatic carbocycles. The molecular weight excluding hydrogens is 242 g/mol. The second kappa shape index (κ2) is 6.57. The number of fused-ring (bicyclic) bond motifs is 1. The van der Waals surface area contributed by atoms with E-state index in [9.17, 15) is 4.79 Å². The molecule has 1 atom stereocenters. The van der Waals surface area contributed by atoms with Crippen molar-refractivity contribution in [3.05, 3.63) is 23.8 Å². The number of nitrogens with one attached hydrogen (secondary N) is 1. The van der Waals surface area contributed by atoms with Gasteiger partial charge in [-0.1, -0.05) is 0 Å². The molecule has 2 rings (SSSR count). The molecule has 1 aliphatic heterocycles. The van der Waals surface area contributed by atoms with Crippen molar-refractivity contribution < 1.29 is 14.6 Å². The Morgan fingerprint density at radius 1 is 1.37 bits per heavy atom. The summed E-state index contributed by atoms with van der Waals surface area (Å²) in [5, 5.41) is 12.0. The number of anilines is 1. The van der Waals surface area contributed by atoms with Crippen LogP contribution in [-0.2, 0) is 11.2 Å². The Morgan fingerprint density at radius 2 is 2.21 bits per heavy atom. The van der Waals surface area contributed by atoms with Crippen LogP contribution in [0, 0.1) is 0 Å². The average molecular weight is 263 g/mol. The van der Waals surface area contributed by atoms with E-state index < -0.39 is 0 Å². The Bertz CT molecular complexity index is 443. The molecule has 4 nitrogen and oxygen atoms in total. The number of hydrogen-bond donors (Lipinski definition) is 2. The van der Waals surface area contributed by atoms with Crippen LogP contribution in [0.2, 0.25) is 0 Å². The standard InChI is InChI=1S/C15H21NO3/c1-11(17)4-2-3-9-19-13-6-7-14-12(10-13)5-8-15(18)16-14/h6-7,10-11,17H,2-5,8-9H2,1H3,(H,16,18). The van der Waals surface area contributed by atoms with E-state index in [-0.39, 0.29) is 12.0 Å². The van der Waals surface area contributed by atoms with Gasteiger partial charge in [0.05, 0.1) is 12.7 Å². The predicted octanol–water partition coefficient (Wildman–Crippen LogP) is 2.50. The molecule has 0 spiro atoms. The molecule has 1 aliphatic rings. The van der Waals surface area contributed by atoms with Gasteiger partial charge in [0.15, 0.2) is 0 Å². The zero-order valence-corrected chi connectivity index (χ0v) is 11.3. The van der Waals surface area contributed by atoms with Gasteiger partial charge in [-0.2, -0.15) is 0 Å². The highest BCUT2D eigenvalue weighted by Crippen LogP contribution is 2.26. The smallest absolute Gasteiger partial charge is 0.224 e. The van der Waals surface area contributed by atoms with Crippen molar-refractivity contribution in [2.45, 2.75) is 45.1 Å². The van der Waals surface area contributed by atoms with E-state index in [2.05, 4.69) is 5.32 Å². The summed E-state index contributed by atoms with van der Waals surface area (Å²) in [4.78, 5) is 11.2. The second-order valence-corrected chi connectivity index (χ2v) is 5.06. The Morgan fingerprint density at radius 3 is 3.00 bits per heavy atom. The number of aliphatic hydroxyl groups excluding tert-OH is 1. The first-order valence-electron chi connectivity index (χ1n) is 6.89. The average Bonchev–Trinajstić information content (AvgIpc) is 2.38. The number of carbonyl (C=O) groups excluding carboxylic acids is 1. The summed E-state index contributed by atoms with van der Waals surface area (Å²) < 4.78 is 5.69. The van der Waals surface area contributed by atoms with E-state index in [1.807, 2.05) is 18.2 Å². The van der Waals surface area contributed by atoms with Crippen molar-refractivity contribution >= 4 is 11.6 Å². The fourth-order valence-corrected chi connectivity index (χ4v) is 2.18. The number of unbranched alkanes of at least 4 members (excludes halogenated alkanes) is 1. The number of aryl methyl sites for hydroxylation is 1. The van der Waals surface area contributed by atoms with Crippen molar-refractivity contribution in [2.75, 3.05) is 11.9 Å². The summed E-state index contributed by atoms with van der Waals surface area (Å²) in [6.45, 7) is 2.47. The number of benzene rings is 1. The molecule has 0 aromatic heterocycles. The van der Waals surface area contributed by atoms with Gasteiger partial charge in [0, 0.05) is 12.1 Å². The molecule has 1 heterocycles. The minimum Gasteiger partial charge on any atom is -0.494 e. The topological polar surface area (TPSA) is 58.6 Å². The Kier molecular flexibility index (Phi) is 4.80. The van der Waals surface area contributed by atoms with Gasteiger partial charge < -0.3 is 15.2 Å². The summed E-state index contributed by atoms with van der Waals surface area (Å²) in [6, 6.07) is 5.79. The molecule has 4 heteroatoms. The maximum atomic E-state index is 11.2. The molecule has 104 valence electrons. The van der Waals surface area contributed by atoms with Crippen LogP contribution in [0.1, 0.15) is 38.2 Å². The molecule has 0 bridgehead atoms. The number of ether oxygens (including phenoxy) is 1. The molecule has 0 fully saturated rings. The van der Waals surface area contributed by atoms with Gasteiger partial charge in [0.25, 0.3) is 0 Å². The van der Waals surface area contributed by atoms with Crippen LogP contribution >= 0.6 is 0 Å². The van der Waals surface area contributed by atoms with Crippen molar-refractivity contribution in [3.8, 4) is 5.75 Å². The summed E-state index contributed by atoms with van der Waals surface area (Å²) in [5.41, 5.74) is 2.04. The molecule has 0 saturated heterocycles. The van der Waals surface area contributed by atoms with E-state index in [4.69, 9.17) is 9.84 Å². The van der Waals surface area contributed by atoms with Gasteiger partial charge in [-0.15, -0.1) is 0 Å². The van der Waals surface area contributed by atoms with Crippen molar-refractivity contribution in [2.24, 2.45) is 0 Å². The molecule has 0 aliphatic carbocycles. The van der Waals surface area contributed by atoms with Crippen molar-refractivity contribution in [1.82, 2.24) is 0 Å². The molecule has 0 saturated carbocycles. The lowest BCUT2D eigenvalue weighted by atomic mass is 10.0. The van der Waals surface area contributed by atoms with Gasteiger partial charge in [-0.3, -0.25) is 4.79 Å². The number of amides is 1. The quantitative estimate of drug-likeness (QED) is 0.775. The normalized spacial score (nSPS) is 15.6. The first kappa shape index (κ1) is 13.9. The lowest BCUT2D eigenvalue weighted by molar-refractivity contribution is -0.116. The van der Waals surface area contributed by atoms with Gasteiger partial charge in [0.2, 0.25) is 5.91 Å². The fourth-order valence-electron chi connectivity index (χ4n) is 2.18. The minimum atomic E-state index is -0.229. The number of aliphatic hydroxyl groups is 1. The molecule has 1 amide bonds. The summed E-state index contributed by atoms with van der Waals surface area (Å²) >= 11 is 0. The van der Waals surface area contributed by atoms with Crippen LogP contribution in [-0.4, -0.2) is 23.7 Å². The van der Waals surface area contributed by atoms with E-state index in [0.717, 1.165) is 42.7 Å². The zero-order chi connectivity index (χ0) is 13.7. The Labute approximate surface area is 113 Å². The largest absolute Gasteiger partial charge is 0.494 e. The van der Waals surface area contributed by atoms with Crippen LogP contribution in [0.5, 0.6) is 5.75 Å².